The van der Waals surface area contributed by atoms with Crippen molar-refractivity contribution in [3.63, 3.8) is 0 Å². The fourth-order valence-electron chi connectivity index (χ4n) is 4.28. The van der Waals surface area contributed by atoms with Crippen LogP contribution in [0.15, 0.2) is 91.0 Å². The number of likely N-dealkylation sites (N-methyl/N-ethyl adjacent to an activating group) is 1. The second kappa shape index (κ2) is 10.3. The monoisotopic (exact) mass is 449 g/mol. The van der Waals surface area contributed by atoms with Crippen molar-refractivity contribution in [3.8, 4) is 0 Å². The highest BCUT2D eigenvalue weighted by Crippen LogP contribution is 2.28. The molecule has 4 heteroatoms. The third kappa shape index (κ3) is 5.18. The molecule has 0 aliphatic rings. The summed E-state index contributed by atoms with van der Waals surface area (Å²) in [7, 11) is 1.86. The molecule has 4 nitrogen and oxygen atoms in total. The van der Waals surface area contributed by atoms with E-state index in [2.05, 4.69) is 62.4 Å². The van der Waals surface area contributed by atoms with Gasteiger partial charge in [-0.3, -0.25) is 9.48 Å². The van der Waals surface area contributed by atoms with Gasteiger partial charge >= 0.3 is 0 Å². The Morgan fingerprint density at radius 1 is 0.882 bits per heavy atom. The molecule has 1 amide bonds. The van der Waals surface area contributed by atoms with Gasteiger partial charge in [0.1, 0.15) is 0 Å². The summed E-state index contributed by atoms with van der Waals surface area (Å²) in [5.74, 6) is -0.0530. The molecule has 34 heavy (non-hydrogen) atoms. The van der Waals surface area contributed by atoms with Gasteiger partial charge in [0, 0.05) is 24.4 Å². The van der Waals surface area contributed by atoms with Crippen molar-refractivity contribution < 1.29 is 4.79 Å². The van der Waals surface area contributed by atoms with Crippen LogP contribution in [0.4, 0.5) is 0 Å². The van der Waals surface area contributed by atoms with E-state index in [9.17, 15) is 4.79 Å². The van der Waals surface area contributed by atoms with Gasteiger partial charge in [-0.05, 0) is 43.5 Å². The minimum Gasteiger partial charge on any atom is -0.331 e. The molecule has 0 unspecified atom stereocenters. The highest BCUT2D eigenvalue weighted by molar-refractivity contribution is 5.92. The molecule has 0 saturated heterocycles. The molecular formula is C30H31N3O. The molecule has 4 rings (SSSR count). The van der Waals surface area contributed by atoms with Crippen molar-refractivity contribution in [1.82, 2.24) is 14.7 Å². The molecule has 3 aromatic carbocycles. The van der Waals surface area contributed by atoms with Crippen LogP contribution in [-0.2, 0) is 11.3 Å². The van der Waals surface area contributed by atoms with Crippen molar-refractivity contribution in [2.45, 2.75) is 33.4 Å². The molecule has 1 heterocycles. The molecule has 0 fully saturated rings. The summed E-state index contributed by atoms with van der Waals surface area (Å²) in [5, 5.41) is 4.72. The molecule has 4 aromatic rings. The molecule has 0 spiro atoms. The van der Waals surface area contributed by atoms with Crippen LogP contribution in [0.3, 0.4) is 0 Å². The topological polar surface area (TPSA) is 38.1 Å². The number of hydrogen-bond donors (Lipinski definition) is 0. The number of rotatable bonds is 7. The molecule has 172 valence electrons. The largest absolute Gasteiger partial charge is 0.331 e. The first-order valence-corrected chi connectivity index (χ1v) is 11.6. The normalized spacial score (nSPS) is 11.3. The van der Waals surface area contributed by atoms with Crippen molar-refractivity contribution in [2.75, 3.05) is 7.05 Å². The first kappa shape index (κ1) is 23.2. The van der Waals surface area contributed by atoms with E-state index in [1.54, 1.807) is 11.0 Å². The number of amides is 1. The zero-order valence-electron chi connectivity index (χ0n) is 20.3. The van der Waals surface area contributed by atoms with Crippen LogP contribution in [0.25, 0.3) is 6.08 Å². The van der Waals surface area contributed by atoms with Gasteiger partial charge in [0.2, 0.25) is 5.91 Å². The Kier molecular flexibility index (Phi) is 7.07. The maximum atomic E-state index is 13.3. The third-order valence-electron chi connectivity index (χ3n) is 6.25. The predicted octanol–water partition coefficient (Wildman–Crippen LogP) is 6.12. The second-order valence-electron chi connectivity index (χ2n) is 8.73. The van der Waals surface area contributed by atoms with Crippen LogP contribution in [0.5, 0.6) is 0 Å². The summed E-state index contributed by atoms with van der Waals surface area (Å²) in [4.78, 5) is 15.1. The molecule has 1 aromatic heterocycles. The van der Waals surface area contributed by atoms with E-state index in [0.717, 1.165) is 28.1 Å². The second-order valence-corrected chi connectivity index (χ2v) is 8.73. The molecule has 0 aliphatic carbocycles. The van der Waals surface area contributed by atoms with Crippen LogP contribution in [0.1, 0.15) is 45.2 Å². The van der Waals surface area contributed by atoms with Crippen molar-refractivity contribution >= 4 is 12.0 Å². The van der Waals surface area contributed by atoms with Gasteiger partial charge < -0.3 is 4.90 Å². The van der Waals surface area contributed by atoms with E-state index < -0.39 is 0 Å². The maximum Gasteiger partial charge on any atom is 0.247 e. The van der Waals surface area contributed by atoms with E-state index in [4.69, 9.17) is 5.10 Å². The predicted molar refractivity (Wildman–Crippen MR) is 139 cm³/mol. The Morgan fingerprint density at radius 2 is 1.44 bits per heavy atom. The van der Waals surface area contributed by atoms with Gasteiger partial charge in [0.25, 0.3) is 0 Å². The zero-order chi connectivity index (χ0) is 24.1. The van der Waals surface area contributed by atoms with Crippen molar-refractivity contribution in [1.29, 1.82) is 0 Å². The van der Waals surface area contributed by atoms with E-state index in [1.165, 1.54) is 11.1 Å². The molecule has 0 bridgehead atoms. The van der Waals surface area contributed by atoms with Crippen LogP contribution >= 0.6 is 0 Å². The number of benzene rings is 3. The quantitative estimate of drug-likeness (QED) is 0.319. The lowest BCUT2D eigenvalue weighted by molar-refractivity contribution is -0.126. The van der Waals surface area contributed by atoms with Gasteiger partial charge in [-0.15, -0.1) is 0 Å². The van der Waals surface area contributed by atoms with Gasteiger partial charge in [-0.1, -0.05) is 90.5 Å². The number of aromatic nitrogens is 2. The Morgan fingerprint density at radius 3 is 2.00 bits per heavy atom. The molecule has 0 aliphatic heterocycles. The van der Waals surface area contributed by atoms with E-state index in [-0.39, 0.29) is 11.9 Å². The summed E-state index contributed by atoms with van der Waals surface area (Å²) in [6, 6.07) is 28.6. The summed E-state index contributed by atoms with van der Waals surface area (Å²) < 4.78 is 2.00. The highest BCUT2D eigenvalue weighted by atomic mass is 16.2. The van der Waals surface area contributed by atoms with E-state index in [0.29, 0.717) is 6.54 Å². The number of aryl methyl sites for hydroxylation is 2. The van der Waals surface area contributed by atoms with Crippen molar-refractivity contribution in [2.24, 2.45) is 0 Å². The zero-order valence-corrected chi connectivity index (χ0v) is 20.3. The molecule has 0 N–H and O–H groups in total. The standard InChI is InChI=1S/C30H31N3O/c1-22-15-17-25(18-16-22)21-33-24(3)28(23(2)31-33)19-20-29(34)32(4)30(26-11-7-5-8-12-26)27-13-9-6-10-14-27/h5-20,30H,21H2,1-4H3/b20-19+. The van der Waals surface area contributed by atoms with Crippen LogP contribution < -0.4 is 0 Å². The Balaban J connectivity index is 1.56. The minimum atomic E-state index is -0.161. The maximum absolute atomic E-state index is 13.3. The van der Waals surface area contributed by atoms with Gasteiger partial charge in [0.15, 0.2) is 0 Å². The van der Waals surface area contributed by atoms with Crippen LogP contribution in [-0.4, -0.2) is 27.6 Å². The lowest BCUT2D eigenvalue weighted by Crippen LogP contribution is -2.30. The fraction of sp³-hybridized carbons (Fsp3) is 0.200. The summed E-state index contributed by atoms with van der Waals surface area (Å²) >= 11 is 0. The Bertz CT molecular complexity index is 1230. The number of carbonyl (C=O) groups is 1. The lowest BCUT2D eigenvalue weighted by atomic mass is 9.97. The van der Waals surface area contributed by atoms with Crippen LogP contribution in [0.2, 0.25) is 0 Å². The Labute approximate surface area is 202 Å². The first-order valence-electron chi connectivity index (χ1n) is 11.6. The third-order valence-corrected chi connectivity index (χ3v) is 6.25. The van der Waals surface area contributed by atoms with E-state index >= 15 is 0 Å². The van der Waals surface area contributed by atoms with Gasteiger partial charge in [0.05, 0.1) is 18.3 Å². The first-order chi connectivity index (χ1) is 16.4. The Hall–Kier alpha value is -3.92. The summed E-state index contributed by atoms with van der Waals surface area (Å²) in [6.45, 7) is 6.84. The van der Waals surface area contributed by atoms with Gasteiger partial charge in [-0.25, -0.2) is 0 Å². The number of hydrogen-bond acceptors (Lipinski definition) is 2. The number of carbonyl (C=O) groups excluding carboxylic acids is 1. The molecular weight excluding hydrogens is 418 g/mol. The molecule has 0 saturated carbocycles. The van der Waals surface area contributed by atoms with Crippen LogP contribution in [0, 0.1) is 20.8 Å². The van der Waals surface area contributed by atoms with Crippen molar-refractivity contribution in [3.05, 3.63) is 130 Å². The smallest absolute Gasteiger partial charge is 0.247 e. The number of nitrogens with zero attached hydrogens (tertiary/aromatic N) is 3. The fourth-order valence-corrected chi connectivity index (χ4v) is 4.28. The molecule has 0 atom stereocenters. The lowest BCUT2D eigenvalue weighted by Gasteiger charge is -2.28. The SMILES string of the molecule is Cc1ccc(Cn2nc(C)c(/C=C/C(=O)N(C)C(c3ccccc3)c3ccccc3)c2C)cc1. The molecule has 0 radical (unpaired) electrons. The van der Waals surface area contributed by atoms with Gasteiger partial charge in [-0.2, -0.15) is 5.10 Å². The average Bonchev–Trinajstić information content (AvgIpc) is 3.12. The summed E-state index contributed by atoms with van der Waals surface area (Å²) in [5.41, 5.74) is 7.56. The average molecular weight is 450 g/mol. The highest BCUT2D eigenvalue weighted by Gasteiger charge is 2.22. The minimum absolute atomic E-state index is 0.0530. The summed E-state index contributed by atoms with van der Waals surface area (Å²) in [6.07, 6.45) is 3.56. The van der Waals surface area contributed by atoms with E-state index in [1.807, 2.05) is 61.1 Å².